The summed E-state index contributed by atoms with van der Waals surface area (Å²) >= 11 is 0. The van der Waals surface area contributed by atoms with Crippen molar-refractivity contribution in [2.45, 2.75) is 19.9 Å². The first-order chi connectivity index (χ1) is 8.56. The standard InChI is InChI=1S/C12H13N3O3/c1-7-3-5-9(6-4-7)10-14-12(18-15-10)13-8(2)11(16)17/h3-6,8H,1-2H3,(H,16,17)(H,13,14,15). The quantitative estimate of drug-likeness (QED) is 0.858. The molecule has 0 bridgehead atoms. The van der Waals surface area contributed by atoms with Gasteiger partial charge in [-0.05, 0) is 13.8 Å². The minimum atomic E-state index is -0.981. The van der Waals surface area contributed by atoms with Crippen LogP contribution in [0, 0.1) is 6.92 Å². The van der Waals surface area contributed by atoms with Crippen LogP contribution in [0.2, 0.25) is 0 Å². The summed E-state index contributed by atoms with van der Waals surface area (Å²) in [6.07, 6.45) is 0. The van der Waals surface area contributed by atoms with E-state index in [9.17, 15) is 4.79 Å². The van der Waals surface area contributed by atoms with Gasteiger partial charge in [0, 0.05) is 5.56 Å². The monoisotopic (exact) mass is 247 g/mol. The highest BCUT2D eigenvalue weighted by atomic mass is 16.5. The maximum Gasteiger partial charge on any atom is 0.325 e. The van der Waals surface area contributed by atoms with Crippen molar-refractivity contribution in [1.82, 2.24) is 10.1 Å². The predicted octanol–water partition coefficient (Wildman–Crippen LogP) is 1.93. The van der Waals surface area contributed by atoms with Crippen molar-refractivity contribution < 1.29 is 14.4 Å². The Kier molecular flexibility index (Phi) is 3.27. The van der Waals surface area contributed by atoms with E-state index in [2.05, 4.69) is 15.5 Å². The van der Waals surface area contributed by atoms with Crippen LogP contribution in [0.15, 0.2) is 28.8 Å². The first-order valence-electron chi connectivity index (χ1n) is 5.46. The van der Waals surface area contributed by atoms with Gasteiger partial charge in [0.2, 0.25) is 5.82 Å². The van der Waals surface area contributed by atoms with Gasteiger partial charge in [-0.25, -0.2) is 0 Å². The molecule has 1 aromatic heterocycles. The van der Waals surface area contributed by atoms with Crippen LogP contribution in [0.3, 0.4) is 0 Å². The van der Waals surface area contributed by atoms with E-state index in [1.54, 1.807) is 0 Å². The number of anilines is 1. The maximum atomic E-state index is 10.7. The van der Waals surface area contributed by atoms with E-state index in [1.165, 1.54) is 6.92 Å². The van der Waals surface area contributed by atoms with Gasteiger partial charge in [-0.2, -0.15) is 4.98 Å². The normalized spacial score (nSPS) is 12.1. The number of hydrogen-bond donors (Lipinski definition) is 2. The van der Waals surface area contributed by atoms with Crippen molar-refractivity contribution in [2.75, 3.05) is 5.32 Å². The molecule has 2 aromatic rings. The lowest BCUT2D eigenvalue weighted by Crippen LogP contribution is -2.25. The number of carboxylic acid groups (broad SMARTS) is 1. The molecule has 0 spiro atoms. The second-order valence-electron chi connectivity index (χ2n) is 3.99. The molecular formula is C12H13N3O3. The van der Waals surface area contributed by atoms with Crippen LogP contribution < -0.4 is 5.32 Å². The second-order valence-corrected chi connectivity index (χ2v) is 3.99. The van der Waals surface area contributed by atoms with E-state index in [-0.39, 0.29) is 6.01 Å². The lowest BCUT2D eigenvalue weighted by atomic mass is 10.1. The number of nitrogens with zero attached hydrogens (tertiary/aromatic N) is 2. The van der Waals surface area contributed by atoms with Crippen molar-refractivity contribution in [1.29, 1.82) is 0 Å². The van der Waals surface area contributed by atoms with Gasteiger partial charge < -0.3 is 14.9 Å². The highest BCUT2D eigenvalue weighted by Crippen LogP contribution is 2.18. The number of aliphatic carboxylic acids is 1. The number of nitrogens with one attached hydrogen (secondary N) is 1. The van der Waals surface area contributed by atoms with Gasteiger partial charge in [-0.3, -0.25) is 4.79 Å². The van der Waals surface area contributed by atoms with E-state index in [0.29, 0.717) is 5.82 Å². The molecule has 6 heteroatoms. The summed E-state index contributed by atoms with van der Waals surface area (Å²) in [5.74, 6) is -0.555. The molecule has 1 aromatic carbocycles. The molecule has 0 radical (unpaired) electrons. The summed E-state index contributed by atoms with van der Waals surface area (Å²) in [5, 5.41) is 15.1. The summed E-state index contributed by atoms with van der Waals surface area (Å²) in [5.41, 5.74) is 1.96. The predicted molar refractivity (Wildman–Crippen MR) is 65.2 cm³/mol. The van der Waals surface area contributed by atoms with Gasteiger partial charge in [-0.1, -0.05) is 35.0 Å². The average molecular weight is 247 g/mol. The third-order valence-corrected chi connectivity index (χ3v) is 2.45. The summed E-state index contributed by atoms with van der Waals surface area (Å²) in [6, 6.07) is 6.96. The molecule has 6 nitrogen and oxygen atoms in total. The SMILES string of the molecule is Cc1ccc(-c2noc(NC(C)C(=O)O)n2)cc1. The number of carbonyl (C=O) groups is 1. The first-order valence-corrected chi connectivity index (χ1v) is 5.46. The Bertz CT molecular complexity index is 548. The smallest absolute Gasteiger partial charge is 0.325 e. The Labute approximate surface area is 104 Å². The molecule has 0 aliphatic carbocycles. The fraction of sp³-hybridized carbons (Fsp3) is 0.250. The number of aromatic nitrogens is 2. The zero-order chi connectivity index (χ0) is 13.1. The molecule has 94 valence electrons. The van der Waals surface area contributed by atoms with Crippen LogP contribution >= 0.6 is 0 Å². The van der Waals surface area contributed by atoms with Crippen LogP contribution in [0.25, 0.3) is 11.4 Å². The van der Waals surface area contributed by atoms with E-state index in [1.807, 2.05) is 31.2 Å². The van der Waals surface area contributed by atoms with Crippen LogP contribution in [0.5, 0.6) is 0 Å². The van der Waals surface area contributed by atoms with Gasteiger partial charge in [0.15, 0.2) is 0 Å². The van der Waals surface area contributed by atoms with E-state index in [0.717, 1.165) is 11.1 Å². The van der Waals surface area contributed by atoms with Crippen molar-refractivity contribution in [2.24, 2.45) is 0 Å². The van der Waals surface area contributed by atoms with Gasteiger partial charge in [-0.15, -0.1) is 0 Å². The van der Waals surface area contributed by atoms with Crippen molar-refractivity contribution in [3.63, 3.8) is 0 Å². The third-order valence-electron chi connectivity index (χ3n) is 2.45. The Balaban J connectivity index is 2.15. The van der Waals surface area contributed by atoms with E-state index >= 15 is 0 Å². The number of hydrogen-bond acceptors (Lipinski definition) is 5. The molecule has 0 aliphatic rings. The van der Waals surface area contributed by atoms with E-state index < -0.39 is 12.0 Å². The van der Waals surface area contributed by atoms with Crippen molar-refractivity contribution in [3.05, 3.63) is 29.8 Å². The lowest BCUT2D eigenvalue weighted by Gasteiger charge is -2.04. The van der Waals surface area contributed by atoms with Gasteiger partial charge in [0.1, 0.15) is 6.04 Å². The molecule has 1 unspecified atom stereocenters. The first kappa shape index (κ1) is 12.1. The lowest BCUT2D eigenvalue weighted by molar-refractivity contribution is -0.137. The third kappa shape index (κ3) is 2.65. The molecule has 0 fully saturated rings. The van der Waals surface area contributed by atoms with Crippen molar-refractivity contribution in [3.8, 4) is 11.4 Å². The molecule has 2 N–H and O–H groups in total. The fourth-order valence-corrected chi connectivity index (χ4v) is 1.35. The number of rotatable bonds is 4. The molecule has 18 heavy (non-hydrogen) atoms. The topological polar surface area (TPSA) is 88.2 Å². The zero-order valence-corrected chi connectivity index (χ0v) is 10.0. The van der Waals surface area contributed by atoms with Crippen molar-refractivity contribution >= 4 is 12.0 Å². The molecular weight excluding hydrogens is 234 g/mol. The highest BCUT2D eigenvalue weighted by Gasteiger charge is 2.15. The van der Waals surface area contributed by atoms with Crippen LogP contribution in [-0.4, -0.2) is 27.3 Å². The largest absolute Gasteiger partial charge is 0.480 e. The van der Waals surface area contributed by atoms with E-state index in [4.69, 9.17) is 9.63 Å². The minimum Gasteiger partial charge on any atom is -0.480 e. The van der Waals surface area contributed by atoms with Gasteiger partial charge >= 0.3 is 12.0 Å². The Morgan fingerprint density at radius 1 is 1.39 bits per heavy atom. The number of carboxylic acids is 1. The maximum absolute atomic E-state index is 10.7. The van der Waals surface area contributed by atoms with Crippen LogP contribution in [-0.2, 0) is 4.79 Å². The summed E-state index contributed by atoms with van der Waals surface area (Å²) in [7, 11) is 0. The molecule has 0 saturated heterocycles. The van der Waals surface area contributed by atoms with Crippen LogP contribution in [0.1, 0.15) is 12.5 Å². The summed E-state index contributed by atoms with van der Waals surface area (Å²) in [4.78, 5) is 14.7. The number of aryl methyl sites for hydroxylation is 1. The zero-order valence-electron chi connectivity index (χ0n) is 10.0. The summed E-state index contributed by atoms with van der Waals surface area (Å²) < 4.78 is 4.93. The average Bonchev–Trinajstić information content (AvgIpc) is 2.78. The molecule has 0 amide bonds. The summed E-state index contributed by atoms with van der Waals surface area (Å²) in [6.45, 7) is 3.49. The highest BCUT2D eigenvalue weighted by molar-refractivity contribution is 5.75. The Hall–Kier alpha value is -2.37. The molecule has 1 atom stereocenters. The minimum absolute atomic E-state index is 0.0977. The molecule has 0 saturated carbocycles. The second kappa shape index (κ2) is 4.87. The fourth-order valence-electron chi connectivity index (χ4n) is 1.35. The number of benzene rings is 1. The molecule has 2 rings (SSSR count). The van der Waals surface area contributed by atoms with Gasteiger partial charge in [0.25, 0.3) is 0 Å². The molecule has 1 heterocycles. The Morgan fingerprint density at radius 3 is 2.67 bits per heavy atom. The Morgan fingerprint density at radius 2 is 2.06 bits per heavy atom. The molecule has 0 aliphatic heterocycles. The van der Waals surface area contributed by atoms with Crippen LogP contribution in [0.4, 0.5) is 6.01 Å². The van der Waals surface area contributed by atoms with Gasteiger partial charge in [0.05, 0.1) is 0 Å².